The number of nitrogens with one attached hydrogen (secondary N) is 1. The maximum atomic E-state index is 12.8. The summed E-state index contributed by atoms with van der Waals surface area (Å²) < 4.78 is 44.9. The molecule has 30 heavy (non-hydrogen) atoms. The largest absolute Gasteiger partial charge is 0.493 e. The van der Waals surface area contributed by atoms with Crippen molar-refractivity contribution in [2.75, 3.05) is 45.2 Å². The third-order valence-corrected chi connectivity index (χ3v) is 7.25. The molecule has 0 amide bonds. The van der Waals surface area contributed by atoms with Gasteiger partial charge < -0.3 is 14.2 Å². The molecule has 0 radical (unpaired) electrons. The average molecular weight is 450 g/mol. The monoisotopic (exact) mass is 449 g/mol. The van der Waals surface area contributed by atoms with Crippen LogP contribution >= 0.6 is 11.3 Å². The highest BCUT2D eigenvalue weighted by molar-refractivity contribution is 7.93. The highest BCUT2D eigenvalue weighted by Gasteiger charge is 2.19. The Hall–Kier alpha value is -2.40. The zero-order valence-electron chi connectivity index (χ0n) is 16.8. The second-order valence-corrected chi connectivity index (χ2v) is 9.54. The Morgan fingerprint density at radius 1 is 1.10 bits per heavy atom. The van der Waals surface area contributed by atoms with Crippen LogP contribution in [0.5, 0.6) is 11.5 Å². The molecule has 1 aliphatic heterocycles. The summed E-state index contributed by atoms with van der Waals surface area (Å²) >= 11 is 1.31. The minimum atomic E-state index is -3.81. The van der Waals surface area contributed by atoms with Crippen LogP contribution in [0, 0.1) is 0 Å². The van der Waals surface area contributed by atoms with Crippen molar-refractivity contribution in [3.8, 4) is 11.5 Å². The lowest BCUT2D eigenvalue weighted by Crippen LogP contribution is -2.35. The summed E-state index contributed by atoms with van der Waals surface area (Å²) in [5, 5.41) is 0.323. The number of hydrogen-bond acceptors (Lipinski definition) is 8. The number of thiazole rings is 1. The molecule has 0 bridgehead atoms. The molecule has 8 nitrogen and oxygen atoms in total. The molecule has 0 unspecified atom stereocenters. The van der Waals surface area contributed by atoms with E-state index in [2.05, 4.69) is 20.7 Å². The maximum absolute atomic E-state index is 12.8. The number of aromatic nitrogens is 1. The van der Waals surface area contributed by atoms with Gasteiger partial charge in [0.2, 0.25) is 0 Å². The number of anilines is 1. The van der Waals surface area contributed by atoms with E-state index in [4.69, 9.17) is 14.2 Å². The van der Waals surface area contributed by atoms with Gasteiger partial charge in [-0.1, -0.05) is 17.4 Å². The van der Waals surface area contributed by atoms with Gasteiger partial charge in [-0.3, -0.25) is 9.62 Å². The zero-order valence-corrected chi connectivity index (χ0v) is 18.4. The summed E-state index contributed by atoms with van der Waals surface area (Å²) in [6.07, 6.45) is 0. The lowest BCUT2D eigenvalue weighted by atomic mass is 10.2. The molecule has 0 spiro atoms. The first kappa shape index (κ1) is 20.9. The van der Waals surface area contributed by atoms with Gasteiger partial charge in [-0.25, -0.2) is 13.4 Å². The smallest absolute Gasteiger partial charge is 0.263 e. The Kier molecular flexibility index (Phi) is 6.09. The summed E-state index contributed by atoms with van der Waals surface area (Å²) in [6, 6.07) is 10.5. The van der Waals surface area contributed by atoms with E-state index in [0.29, 0.717) is 16.6 Å². The standard InChI is InChI=1S/C20H23N3O5S2/c1-26-17-6-4-15(12-18(17)27-2)30(24,25)22-20-21-16-5-3-14(11-19(16)29-20)13-23-7-9-28-10-8-23/h3-6,11-12H,7-10,13H2,1-2H3,(H,21,22). The van der Waals surface area contributed by atoms with Gasteiger partial charge in [0.1, 0.15) is 0 Å². The Morgan fingerprint density at radius 3 is 2.60 bits per heavy atom. The van der Waals surface area contributed by atoms with E-state index in [1.165, 1.54) is 43.3 Å². The number of morpholine rings is 1. The van der Waals surface area contributed by atoms with E-state index in [0.717, 1.165) is 43.1 Å². The summed E-state index contributed by atoms with van der Waals surface area (Å²) in [7, 11) is -0.850. The third kappa shape index (κ3) is 4.51. The highest BCUT2D eigenvalue weighted by Crippen LogP contribution is 2.32. The topological polar surface area (TPSA) is 90.0 Å². The lowest BCUT2D eigenvalue weighted by molar-refractivity contribution is 0.0342. The minimum absolute atomic E-state index is 0.0763. The Bertz CT molecular complexity index is 1140. The quantitative estimate of drug-likeness (QED) is 0.593. The van der Waals surface area contributed by atoms with E-state index in [1.54, 1.807) is 6.07 Å². The number of fused-ring (bicyclic) bond motifs is 1. The van der Waals surface area contributed by atoms with Gasteiger partial charge in [0.05, 0.1) is 42.5 Å². The molecule has 0 saturated carbocycles. The lowest BCUT2D eigenvalue weighted by Gasteiger charge is -2.26. The summed E-state index contributed by atoms with van der Waals surface area (Å²) in [6.45, 7) is 4.17. The molecule has 3 aromatic rings. The van der Waals surface area contributed by atoms with Crippen molar-refractivity contribution in [1.82, 2.24) is 9.88 Å². The molecule has 160 valence electrons. The van der Waals surface area contributed by atoms with E-state index in [-0.39, 0.29) is 4.90 Å². The highest BCUT2D eigenvalue weighted by atomic mass is 32.2. The molecule has 10 heteroatoms. The van der Waals surface area contributed by atoms with Crippen molar-refractivity contribution in [1.29, 1.82) is 0 Å². The van der Waals surface area contributed by atoms with Crippen LogP contribution in [0.4, 0.5) is 5.13 Å². The first-order valence-corrected chi connectivity index (χ1v) is 11.7. The SMILES string of the molecule is COc1ccc(S(=O)(=O)Nc2nc3ccc(CN4CCOCC4)cc3s2)cc1OC. The van der Waals surface area contributed by atoms with Crippen molar-refractivity contribution in [3.63, 3.8) is 0 Å². The molecule has 1 saturated heterocycles. The average Bonchev–Trinajstić information content (AvgIpc) is 3.14. The molecule has 1 N–H and O–H groups in total. The van der Waals surface area contributed by atoms with Crippen molar-refractivity contribution >= 4 is 36.7 Å². The van der Waals surface area contributed by atoms with Crippen molar-refractivity contribution < 1.29 is 22.6 Å². The van der Waals surface area contributed by atoms with Crippen LogP contribution < -0.4 is 14.2 Å². The summed E-state index contributed by atoms with van der Waals surface area (Å²) in [4.78, 5) is 6.84. The third-order valence-electron chi connectivity index (χ3n) is 4.85. The molecule has 1 fully saturated rings. The molecule has 0 atom stereocenters. The molecule has 2 aromatic carbocycles. The fourth-order valence-electron chi connectivity index (χ4n) is 3.29. The van der Waals surface area contributed by atoms with Crippen LogP contribution in [0.2, 0.25) is 0 Å². The number of ether oxygens (including phenoxy) is 3. The summed E-state index contributed by atoms with van der Waals surface area (Å²) in [5.74, 6) is 0.807. The van der Waals surface area contributed by atoms with Crippen molar-refractivity contribution in [3.05, 3.63) is 42.0 Å². The van der Waals surface area contributed by atoms with Crippen molar-refractivity contribution in [2.24, 2.45) is 0 Å². The van der Waals surface area contributed by atoms with Gasteiger partial charge in [-0.05, 0) is 29.8 Å². The van der Waals surface area contributed by atoms with Crippen LogP contribution in [-0.2, 0) is 21.3 Å². The molecule has 2 heterocycles. The first-order chi connectivity index (χ1) is 14.5. The van der Waals surface area contributed by atoms with Crippen LogP contribution in [0.25, 0.3) is 10.2 Å². The van der Waals surface area contributed by atoms with Gasteiger partial charge in [0.25, 0.3) is 10.0 Å². The second-order valence-electron chi connectivity index (χ2n) is 6.83. The zero-order chi connectivity index (χ0) is 21.1. The van der Waals surface area contributed by atoms with Gasteiger partial charge in [0, 0.05) is 25.7 Å². The van der Waals surface area contributed by atoms with Gasteiger partial charge in [-0.15, -0.1) is 0 Å². The van der Waals surface area contributed by atoms with Gasteiger partial charge >= 0.3 is 0 Å². The maximum Gasteiger partial charge on any atom is 0.263 e. The first-order valence-electron chi connectivity index (χ1n) is 9.43. The number of sulfonamides is 1. The van der Waals surface area contributed by atoms with E-state index >= 15 is 0 Å². The number of methoxy groups -OCH3 is 2. The molecular weight excluding hydrogens is 426 g/mol. The molecule has 0 aliphatic carbocycles. The number of hydrogen-bond donors (Lipinski definition) is 1. The second kappa shape index (κ2) is 8.76. The predicted octanol–water partition coefficient (Wildman–Crippen LogP) is 2.95. The minimum Gasteiger partial charge on any atom is -0.493 e. The number of rotatable bonds is 7. The molecule has 1 aliphatic rings. The van der Waals surface area contributed by atoms with Gasteiger partial charge in [0.15, 0.2) is 16.6 Å². The fourth-order valence-corrected chi connectivity index (χ4v) is 5.47. The van der Waals surface area contributed by atoms with E-state index in [1.807, 2.05) is 12.1 Å². The molecule has 4 rings (SSSR count). The molecular formula is C20H23N3O5S2. The molecule has 1 aromatic heterocycles. The Labute approximate surface area is 179 Å². The Morgan fingerprint density at radius 2 is 1.87 bits per heavy atom. The predicted molar refractivity (Wildman–Crippen MR) is 116 cm³/mol. The number of benzene rings is 2. The van der Waals surface area contributed by atoms with Crippen LogP contribution in [0.1, 0.15) is 5.56 Å². The Balaban J connectivity index is 1.54. The van der Waals surface area contributed by atoms with Crippen molar-refractivity contribution in [2.45, 2.75) is 11.4 Å². The van der Waals surface area contributed by atoms with Gasteiger partial charge in [-0.2, -0.15) is 0 Å². The number of nitrogens with zero attached hydrogens (tertiary/aromatic N) is 2. The fraction of sp³-hybridized carbons (Fsp3) is 0.350. The van der Waals surface area contributed by atoms with Crippen LogP contribution in [0.3, 0.4) is 0 Å². The van der Waals surface area contributed by atoms with E-state index < -0.39 is 10.0 Å². The van der Waals surface area contributed by atoms with Crippen LogP contribution in [0.15, 0.2) is 41.3 Å². The summed E-state index contributed by atoms with van der Waals surface area (Å²) in [5.41, 5.74) is 1.93. The van der Waals surface area contributed by atoms with E-state index in [9.17, 15) is 8.42 Å². The normalized spacial score (nSPS) is 15.3. The van der Waals surface area contributed by atoms with Crippen LogP contribution in [-0.4, -0.2) is 58.8 Å².